The minimum absolute atomic E-state index is 0.0406. The molecule has 1 aromatic rings. The fourth-order valence-electron chi connectivity index (χ4n) is 2.19. The van der Waals surface area contributed by atoms with Crippen LogP contribution in [-0.2, 0) is 14.8 Å². The van der Waals surface area contributed by atoms with Crippen LogP contribution in [-0.4, -0.2) is 57.2 Å². The number of ether oxygens (including phenoxy) is 2. The van der Waals surface area contributed by atoms with E-state index in [-0.39, 0.29) is 29.3 Å². The Hall–Kier alpha value is -1.64. The van der Waals surface area contributed by atoms with Crippen molar-refractivity contribution in [2.75, 3.05) is 33.4 Å². The standard InChI is InChI=1S/C13H17NO6S/c1-9-11(19-2)7-10(13(15)16)8-12(9)21(17,18)14-3-5-20-6-4-14/h7-8H,3-6H2,1-2H3,(H,15,16). The van der Waals surface area contributed by atoms with Gasteiger partial charge in [-0.3, -0.25) is 0 Å². The highest BCUT2D eigenvalue weighted by atomic mass is 32.2. The van der Waals surface area contributed by atoms with Crippen LogP contribution in [0.1, 0.15) is 15.9 Å². The first-order chi connectivity index (χ1) is 9.87. The predicted octanol–water partition coefficient (Wildman–Crippen LogP) is 0.723. The molecule has 2 rings (SSSR count). The molecular weight excluding hydrogens is 298 g/mol. The molecule has 1 fully saturated rings. The Labute approximate surface area is 123 Å². The van der Waals surface area contributed by atoms with Crippen molar-refractivity contribution < 1.29 is 27.8 Å². The molecule has 0 radical (unpaired) electrons. The van der Waals surface area contributed by atoms with Crippen molar-refractivity contribution in [2.45, 2.75) is 11.8 Å². The predicted molar refractivity (Wildman–Crippen MR) is 74.3 cm³/mol. The van der Waals surface area contributed by atoms with Crippen LogP contribution in [0.2, 0.25) is 0 Å². The zero-order valence-corrected chi connectivity index (χ0v) is 12.6. The number of carboxylic acid groups (broad SMARTS) is 1. The van der Waals surface area contributed by atoms with E-state index in [0.717, 1.165) is 0 Å². The van der Waals surface area contributed by atoms with E-state index in [1.54, 1.807) is 6.92 Å². The molecule has 0 unspecified atom stereocenters. The topological polar surface area (TPSA) is 93.1 Å². The number of morpholine rings is 1. The molecule has 7 nitrogen and oxygen atoms in total. The van der Waals surface area contributed by atoms with Gasteiger partial charge in [-0.1, -0.05) is 0 Å². The van der Waals surface area contributed by atoms with Gasteiger partial charge in [-0.05, 0) is 19.1 Å². The molecule has 0 bridgehead atoms. The van der Waals surface area contributed by atoms with Crippen LogP contribution in [0, 0.1) is 6.92 Å². The molecule has 1 aliphatic heterocycles. The van der Waals surface area contributed by atoms with Gasteiger partial charge in [0.15, 0.2) is 0 Å². The molecule has 21 heavy (non-hydrogen) atoms. The van der Waals surface area contributed by atoms with Crippen LogP contribution in [0.4, 0.5) is 0 Å². The molecule has 0 aromatic heterocycles. The van der Waals surface area contributed by atoms with E-state index in [2.05, 4.69) is 0 Å². The summed E-state index contributed by atoms with van der Waals surface area (Å²) in [6.07, 6.45) is 0. The zero-order valence-electron chi connectivity index (χ0n) is 11.8. The number of hydrogen-bond donors (Lipinski definition) is 1. The molecule has 1 N–H and O–H groups in total. The maximum Gasteiger partial charge on any atom is 0.335 e. The van der Waals surface area contributed by atoms with E-state index in [1.807, 2.05) is 0 Å². The number of carboxylic acids is 1. The largest absolute Gasteiger partial charge is 0.496 e. The maximum absolute atomic E-state index is 12.7. The summed E-state index contributed by atoms with van der Waals surface area (Å²) >= 11 is 0. The Morgan fingerprint density at radius 1 is 1.33 bits per heavy atom. The summed E-state index contributed by atoms with van der Waals surface area (Å²) < 4.78 is 36.9. The third-order valence-electron chi connectivity index (χ3n) is 3.37. The first kappa shape index (κ1) is 15.7. The summed E-state index contributed by atoms with van der Waals surface area (Å²) in [7, 11) is -2.40. The van der Waals surface area contributed by atoms with Crippen LogP contribution in [0.25, 0.3) is 0 Å². The molecule has 0 spiro atoms. The van der Waals surface area contributed by atoms with Gasteiger partial charge in [0, 0.05) is 18.7 Å². The van der Waals surface area contributed by atoms with Crippen molar-refractivity contribution >= 4 is 16.0 Å². The molecule has 0 saturated carbocycles. The molecule has 1 aliphatic rings. The number of hydrogen-bond acceptors (Lipinski definition) is 5. The van der Waals surface area contributed by atoms with Gasteiger partial charge in [-0.25, -0.2) is 13.2 Å². The Morgan fingerprint density at radius 2 is 1.95 bits per heavy atom. The number of sulfonamides is 1. The van der Waals surface area contributed by atoms with Crippen LogP contribution in [0.15, 0.2) is 17.0 Å². The van der Waals surface area contributed by atoms with Gasteiger partial charge >= 0.3 is 5.97 Å². The zero-order chi connectivity index (χ0) is 15.6. The Morgan fingerprint density at radius 3 is 2.48 bits per heavy atom. The van der Waals surface area contributed by atoms with E-state index < -0.39 is 16.0 Å². The molecule has 1 aromatic carbocycles. The minimum atomic E-state index is -3.77. The molecule has 0 aliphatic carbocycles. The fraction of sp³-hybridized carbons (Fsp3) is 0.462. The van der Waals surface area contributed by atoms with Crippen molar-refractivity contribution in [3.8, 4) is 5.75 Å². The summed E-state index contributed by atoms with van der Waals surface area (Å²) in [5, 5.41) is 9.11. The van der Waals surface area contributed by atoms with Gasteiger partial charge in [0.05, 0.1) is 30.8 Å². The van der Waals surface area contributed by atoms with Gasteiger partial charge in [0.2, 0.25) is 10.0 Å². The summed E-state index contributed by atoms with van der Waals surface area (Å²) in [6.45, 7) is 2.75. The number of carbonyl (C=O) groups is 1. The maximum atomic E-state index is 12.7. The molecule has 1 heterocycles. The van der Waals surface area contributed by atoms with E-state index in [4.69, 9.17) is 14.6 Å². The smallest absolute Gasteiger partial charge is 0.335 e. The molecular formula is C13H17NO6S. The Bertz CT molecular complexity index is 649. The van der Waals surface area contributed by atoms with E-state index in [9.17, 15) is 13.2 Å². The van der Waals surface area contributed by atoms with Crippen molar-refractivity contribution in [3.05, 3.63) is 23.3 Å². The average molecular weight is 315 g/mol. The summed E-state index contributed by atoms with van der Waals surface area (Å²) in [5.74, 6) is -0.964. The molecule has 8 heteroatoms. The normalized spacial score (nSPS) is 16.7. The lowest BCUT2D eigenvalue weighted by molar-refractivity contribution is 0.0695. The highest BCUT2D eigenvalue weighted by molar-refractivity contribution is 7.89. The highest BCUT2D eigenvalue weighted by Crippen LogP contribution is 2.29. The van der Waals surface area contributed by atoms with Crippen molar-refractivity contribution in [3.63, 3.8) is 0 Å². The third kappa shape index (κ3) is 3.02. The summed E-state index contributed by atoms with van der Waals surface area (Å²) in [5.41, 5.74) is 0.276. The SMILES string of the molecule is COc1cc(C(=O)O)cc(S(=O)(=O)N2CCOCC2)c1C. The quantitative estimate of drug-likeness (QED) is 0.880. The number of benzene rings is 1. The van der Waals surface area contributed by atoms with Crippen molar-refractivity contribution in [2.24, 2.45) is 0 Å². The van der Waals surface area contributed by atoms with Crippen LogP contribution in [0.3, 0.4) is 0 Å². The molecule has 0 amide bonds. The van der Waals surface area contributed by atoms with E-state index in [1.165, 1.54) is 23.5 Å². The highest BCUT2D eigenvalue weighted by Gasteiger charge is 2.29. The number of nitrogens with zero attached hydrogens (tertiary/aromatic N) is 1. The van der Waals surface area contributed by atoms with Gasteiger partial charge < -0.3 is 14.6 Å². The fourth-order valence-corrected chi connectivity index (χ4v) is 3.86. The Balaban J connectivity index is 2.55. The van der Waals surface area contributed by atoms with Crippen LogP contribution >= 0.6 is 0 Å². The first-order valence-electron chi connectivity index (χ1n) is 6.37. The van der Waals surface area contributed by atoms with Gasteiger partial charge in [0.1, 0.15) is 5.75 Å². The number of methoxy groups -OCH3 is 1. The third-order valence-corrected chi connectivity index (χ3v) is 5.39. The molecule has 1 saturated heterocycles. The van der Waals surface area contributed by atoms with Crippen LogP contribution in [0.5, 0.6) is 5.75 Å². The van der Waals surface area contributed by atoms with Gasteiger partial charge in [-0.2, -0.15) is 4.31 Å². The van der Waals surface area contributed by atoms with Crippen LogP contribution < -0.4 is 4.74 Å². The first-order valence-corrected chi connectivity index (χ1v) is 7.81. The molecule has 116 valence electrons. The van der Waals surface area contributed by atoms with Gasteiger partial charge in [0.25, 0.3) is 0 Å². The van der Waals surface area contributed by atoms with Crippen molar-refractivity contribution in [1.29, 1.82) is 0 Å². The Kier molecular flexibility index (Phi) is 4.50. The second-order valence-corrected chi connectivity index (χ2v) is 6.53. The van der Waals surface area contributed by atoms with E-state index in [0.29, 0.717) is 18.8 Å². The number of aromatic carboxylic acids is 1. The number of rotatable bonds is 4. The minimum Gasteiger partial charge on any atom is -0.496 e. The lowest BCUT2D eigenvalue weighted by atomic mass is 10.1. The monoisotopic (exact) mass is 315 g/mol. The average Bonchev–Trinajstić information content (AvgIpc) is 2.48. The van der Waals surface area contributed by atoms with E-state index >= 15 is 0 Å². The van der Waals surface area contributed by atoms with Gasteiger partial charge in [-0.15, -0.1) is 0 Å². The van der Waals surface area contributed by atoms with Crippen molar-refractivity contribution in [1.82, 2.24) is 4.31 Å². The lowest BCUT2D eigenvalue weighted by Crippen LogP contribution is -2.40. The second kappa shape index (κ2) is 6.00. The summed E-state index contributed by atoms with van der Waals surface area (Å²) in [4.78, 5) is 11.1. The lowest BCUT2D eigenvalue weighted by Gasteiger charge is -2.27. The second-order valence-electron chi connectivity index (χ2n) is 4.62. The molecule has 0 atom stereocenters. The summed E-state index contributed by atoms with van der Waals surface area (Å²) in [6, 6.07) is 2.49.